The number of nitrogens with zero attached hydrogens (tertiary/aromatic N) is 2. The summed E-state index contributed by atoms with van der Waals surface area (Å²) in [6.07, 6.45) is 2.93. The number of unbranched alkanes of at least 4 members (excludes halogenated alkanes) is 1. The van der Waals surface area contributed by atoms with Gasteiger partial charge in [-0.3, -0.25) is 4.90 Å². The van der Waals surface area contributed by atoms with Gasteiger partial charge in [0, 0.05) is 39.5 Å². The predicted octanol–water partition coefficient (Wildman–Crippen LogP) is 1.93. The molecule has 2 rings (SSSR count). The van der Waals surface area contributed by atoms with E-state index in [1.165, 1.54) is 4.90 Å². The van der Waals surface area contributed by atoms with Crippen LogP contribution in [0.2, 0.25) is 0 Å². The minimum Gasteiger partial charge on any atom is -0.436 e. The van der Waals surface area contributed by atoms with Crippen molar-refractivity contribution in [3.05, 3.63) is 12.3 Å². The molecule has 0 radical (unpaired) electrons. The zero-order valence-electron chi connectivity index (χ0n) is 12.3. The molecule has 0 aliphatic carbocycles. The molecular formula is C14H23N3O3. The highest BCUT2D eigenvalue weighted by molar-refractivity contribution is 5.76. The van der Waals surface area contributed by atoms with Gasteiger partial charge in [0.1, 0.15) is 0 Å². The average Bonchev–Trinajstić information content (AvgIpc) is 2.65. The highest BCUT2D eigenvalue weighted by Crippen LogP contribution is 2.39. The molecule has 2 saturated heterocycles. The average molecular weight is 281 g/mol. The first kappa shape index (κ1) is 14.7. The van der Waals surface area contributed by atoms with Crippen LogP contribution in [0.4, 0.5) is 9.59 Å². The van der Waals surface area contributed by atoms with Crippen molar-refractivity contribution in [2.45, 2.75) is 38.2 Å². The van der Waals surface area contributed by atoms with Crippen molar-refractivity contribution in [1.29, 1.82) is 0 Å². The molecule has 0 unspecified atom stereocenters. The second kappa shape index (κ2) is 5.73. The largest absolute Gasteiger partial charge is 0.436 e. The third-order valence-electron chi connectivity index (χ3n) is 4.15. The van der Waals surface area contributed by atoms with Crippen LogP contribution in [0.5, 0.6) is 0 Å². The van der Waals surface area contributed by atoms with Gasteiger partial charge in [-0.05, 0) is 6.42 Å². The Kier molecular flexibility index (Phi) is 4.20. The minimum absolute atomic E-state index is 0.0309. The summed E-state index contributed by atoms with van der Waals surface area (Å²) >= 11 is 0. The molecule has 112 valence electrons. The van der Waals surface area contributed by atoms with E-state index in [1.54, 1.807) is 11.9 Å². The number of nitrogens with one attached hydrogen (secondary N) is 1. The van der Waals surface area contributed by atoms with E-state index in [1.807, 2.05) is 0 Å². The van der Waals surface area contributed by atoms with E-state index >= 15 is 0 Å². The molecule has 6 heteroatoms. The zero-order valence-corrected chi connectivity index (χ0v) is 12.3. The van der Waals surface area contributed by atoms with Crippen molar-refractivity contribution < 1.29 is 14.3 Å². The summed E-state index contributed by atoms with van der Waals surface area (Å²) in [7, 11) is 1.67. The Hall–Kier alpha value is -1.72. The van der Waals surface area contributed by atoms with Crippen LogP contribution < -0.4 is 5.32 Å². The Balaban J connectivity index is 1.88. The van der Waals surface area contributed by atoms with Crippen LogP contribution in [-0.4, -0.2) is 54.2 Å². The predicted molar refractivity (Wildman–Crippen MR) is 75.2 cm³/mol. The molecule has 20 heavy (non-hydrogen) atoms. The minimum atomic E-state index is -0.605. The maximum absolute atomic E-state index is 12.0. The molecular weight excluding hydrogens is 258 g/mol. The summed E-state index contributed by atoms with van der Waals surface area (Å²) in [4.78, 5) is 26.8. The van der Waals surface area contributed by atoms with Crippen molar-refractivity contribution >= 4 is 12.1 Å². The van der Waals surface area contributed by atoms with Crippen LogP contribution in [0.25, 0.3) is 0 Å². The fraction of sp³-hybridized carbons (Fsp3) is 0.714. The van der Waals surface area contributed by atoms with E-state index in [2.05, 4.69) is 18.8 Å². The molecule has 0 aromatic heterocycles. The topological polar surface area (TPSA) is 61.9 Å². The van der Waals surface area contributed by atoms with Gasteiger partial charge < -0.3 is 15.0 Å². The number of carbonyl (C=O) groups is 2. The van der Waals surface area contributed by atoms with Gasteiger partial charge in [0.2, 0.25) is 0 Å². The lowest BCUT2D eigenvalue weighted by atomic mass is 9.89. The molecule has 3 amide bonds. The van der Waals surface area contributed by atoms with Crippen molar-refractivity contribution in [2.75, 3.05) is 26.7 Å². The second-order valence-electron chi connectivity index (χ2n) is 5.44. The monoisotopic (exact) mass is 281 g/mol. The number of ether oxygens (including phenoxy) is 1. The number of urea groups is 1. The Morgan fingerprint density at radius 1 is 1.45 bits per heavy atom. The fourth-order valence-electron chi connectivity index (χ4n) is 2.66. The summed E-state index contributed by atoms with van der Waals surface area (Å²) in [5, 5.41) is 2.91. The molecule has 2 aliphatic heterocycles. The summed E-state index contributed by atoms with van der Waals surface area (Å²) in [6.45, 7) is 7.92. The lowest BCUT2D eigenvalue weighted by Gasteiger charge is -2.37. The number of piperidine rings is 1. The Morgan fingerprint density at radius 2 is 2.10 bits per heavy atom. The van der Waals surface area contributed by atoms with E-state index in [0.717, 1.165) is 12.8 Å². The molecule has 2 heterocycles. The van der Waals surface area contributed by atoms with E-state index in [-0.39, 0.29) is 12.1 Å². The highest BCUT2D eigenvalue weighted by Gasteiger charge is 2.49. The van der Waals surface area contributed by atoms with Crippen molar-refractivity contribution in [1.82, 2.24) is 15.1 Å². The first-order chi connectivity index (χ1) is 9.50. The van der Waals surface area contributed by atoms with Crippen LogP contribution in [-0.2, 0) is 4.74 Å². The summed E-state index contributed by atoms with van der Waals surface area (Å²) in [6, 6.07) is -0.0309. The maximum atomic E-state index is 12.0. The van der Waals surface area contributed by atoms with Gasteiger partial charge in [-0.25, -0.2) is 9.59 Å². The number of amides is 3. The normalized spacial score (nSPS) is 21.3. The van der Waals surface area contributed by atoms with Crippen LogP contribution in [0, 0.1) is 0 Å². The third kappa shape index (κ3) is 2.59. The van der Waals surface area contributed by atoms with Gasteiger partial charge in [-0.15, -0.1) is 0 Å². The molecule has 0 bridgehead atoms. The van der Waals surface area contributed by atoms with E-state index in [9.17, 15) is 9.59 Å². The van der Waals surface area contributed by atoms with Crippen LogP contribution >= 0.6 is 0 Å². The molecule has 0 aromatic rings. The number of carbonyl (C=O) groups excluding carboxylic acids is 2. The van der Waals surface area contributed by atoms with Gasteiger partial charge in [-0.2, -0.15) is 0 Å². The number of hydrogen-bond donors (Lipinski definition) is 1. The Morgan fingerprint density at radius 3 is 2.60 bits per heavy atom. The van der Waals surface area contributed by atoms with Gasteiger partial charge in [0.05, 0.1) is 5.70 Å². The van der Waals surface area contributed by atoms with Crippen LogP contribution in [0.3, 0.4) is 0 Å². The summed E-state index contributed by atoms with van der Waals surface area (Å²) < 4.78 is 5.47. The first-order valence-corrected chi connectivity index (χ1v) is 7.19. The number of hydrogen-bond acceptors (Lipinski definition) is 3. The van der Waals surface area contributed by atoms with E-state index in [0.29, 0.717) is 38.2 Å². The Bertz CT molecular complexity index is 414. The summed E-state index contributed by atoms with van der Waals surface area (Å²) in [5.41, 5.74) is 0.0972. The quantitative estimate of drug-likeness (QED) is 0.804. The zero-order chi connectivity index (χ0) is 14.8. The van der Waals surface area contributed by atoms with E-state index in [4.69, 9.17) is 4.74 Å². The van der Waals surface area contributed by atoms with Crippen LogP contribution in [0.1, 0.15) is 32.6 Å². The molecule has 0 aromatic carbocycles. The van der Waals surface area contributed by atoms with Gasteiger partial charge in [-0.1, -0.05) is 19.9 Å². The molecule has 6 nitrogen and oxygen atoms in total. The molecule has 1 spiro atoms. The van der Waals surface area contributed by atoms with Gasteiger partial charge >= 0.3 is 12.1 Å². The first-order valence-electron chi connectivity index (χ1n) is 7.19. The smallest absolute Gasteiger partial charge is 0.414 e. The summed E-state index contributed by atoms with van der Waals surface area (Å²) in [5.74, 6) is 0. The molecule has 0 saturated carbocycles. The number of likely N-dealkylation sites (N-methyl/N-ethyl adjacent to an activating group) is 1. The lowest BCUT2D eigenvalue weighted by molar-refractivity contribution is 0.0236. The SMILES string of the molecule is C=C1N(C)C(=O)OC12CCN(C(=O)NCCCC)CC2. The number of rotatable bonds is 3. The molecule has 2 fully saturated rings. The Labute approximate surface area is 119 Å². The third-order valence-corrected chi connectivity index (χ3v) is 4.15. The van der Waals surface area contributed by atoms with E-state index < -0.39 is 5.60 Å². The number of likely N-dealkylation sites (tertiary alicyclic amines) is 1. The molecule has 1 N–H and O–H groups in total. The molecule has 0 atom stereocenters. The highest BCUT2D eigenvalue weighted by atomic mass is 16.6. The van der Waals surface area contributed by atoms with Gasteiger partial charge in [0.15, 0.2) is 5.60 Å². The van der Waals surface area contributed by atoms with Crippen molar-refractivity contribution in [3.8, 4) is 0 Å². The lowest BCUT2D eigenvalue weighted by Crippen LogP contribution is -2.50. The fourth-order valence-corrected chi connectivity index (χ4v) is 2.66. The second-order valence-corrected chi connectivity index (χ2v) is 5.44. The van der Waals surface area contributed by atoms with Gasteiger partial charge in [0.25, 0.3) is 0 Å². The standard InChI is InChI=1S/C14H23N3O3/c1-4-5-8-15-12(18)17-9-6-14(7-10-17)11(2)16(3)13(19)20-14/h2,4-10H2,1,3H3,(H,15,18). The van der Waals surface area contributed by atoms with Crippen molar-refractivity contribution in [3.63, 3.8) is 0 Å². The molecule has 2 aliphatic rings. The van der Waals surface area contributed by atoms with Crippen molar-refractivity contribution in [2.24, 2.45) is 0 Å². The van der Waals surface area contributed by atoms with Crippen LogP contribution in [0.15, 0.2) is 12.3 Å². The maximum Gasteiger partial charge on any atom is 0.414 e.